The molecular formula is C14H13Cl2NO. The van der Waals surface area contributed by atoms with Gasteiger partial charge in [0.15, 0.2) is 0 Å². The molecule has 1 aromatic heterocycles. The van der Waals surface area contributed by atoms with E-state index in [2.05, 4.69) is 10.9 Å². The van der Waals surface area contributed by atoms with Crippen molar-refractivity contribution in [2.75, 3.05) is 5.88 Å². The van der Waals surface area contributed by atoms with E-state index in [0.717, 1.165) is 5.54 Å². The van der Waals surface area contributed by atoms with Crippen LogP contribution < -0.4 is 0 Å². The van der Waals surface area contributed by atoms with E-state index in [4.69, 9.17) is 29.6 Å². The number of terminal acetylenes is 1. The van der Waals surface area contributed by atoms with Crippen molar-refractivity contribution < 1.29 is 4.79 Å². The molecule has 0 aliphatic heterocycles. The minimum atomic E-state index is -0.335. The summed E-state index contributed by atoms with van der Waals surface area (Å²) in [4.78, 5) is 15.3. The van der Waals surface area contributed by atoms with E-state index in [9.17, 15) is 4.79 Å². The zero-order chi connectivity index (χ0) is 13.8. The lowest BCUT2D eigenvalue weighted by atomic mass is 10.1. The van der Waals surface area contributed by atoms with Gasteiger partial charge in [-0.3, -0.25) is 9.78 Å². The summed E-state index contributed by atoms with van der Waals surface area (Å²) in [5.74, 6) is 2.49. The van der Waals surface area contributed by atoms with Gasteiger partial charge in [-0.1, -0.05) is 35.7 Å². The summed E-state index contributed by atoms with van der Waals surface area (Å²) in [5, 5.41) is 0. The number of carbonyl (C=O) groups excluding carboxylic acids is 1. The summed E-state index contributed by atoms with van der Waals surface area (Å²) < 4.78 is 0. The fourth-order valence-electron chi connectivity index (χ4n) is 0.871. The summed E-state index contributed by atoms with van der Waals surface area (Å²) in [6.45, 7) is 1.95. The number of ketones is 1. The van der Waals surface area contributed by atoms with Crippen LogP contribution in [-0.4, -0.2) is 16.6 Å². The Morgan fingerprint density at radius 3 is 2.61 bits per heavy atom. The van der Waals surface area contributed by atoms with Crippen LogP contribution in [0, 0.1) is 12.3 Å². The topological polar surface area (TPSA) is 30.0 Å². The van der Waals surface area contributed by atoms with Gasteiger partial charge >= 0.3 is 0 Å². The van der Waals surface area contributed by atoms with Crippen LogP contribution in [-0.2, 0) is 0 Å². The molecule has 2 nitrogen and oxygen atoms in total. The first-order chi connectivity index (χ1) is 8.71. The highest BCUT2D eigenvalue weighted by atomic mass is 35.5. The monoisotopic (exact) mass is 281 g/mol. The van der Waals surface area contributed by atoms with Gasteiger partial charge in [-0.15, -0.1) is 18.0 Å². The number of hydrogen-bond acceptors (Lipinski definition) is 2. The van der Waals surface area contributed by atoms with Crippen molar-refractivity contribution in [3.8, 4) is 12.3 Å². The molecule has 0 atom stereocenters. The Balaban J connectivity index is 0.000000494. The minimum absolute atomic E-state index is 0.111. The maximum absolute atomic E-state index is 11.4. The second-order valence-electron chi connectivity index (χ2n) is 2.93. The molecule has 0 unspecified atom stereocenters. The minimum Gasteiger partial charge on any atom is -0.286 e. The number of rotatable bonds is 3. The normalized spacial score (nSPS) is 10.4. The number of aromatic nitrogens is 1. The number of hydrogen-bond donors (Lipinski definition) is 0. The molecule has 0 spiro atoms. The highest BCUT2D eigenvalue weighted by molar-refractivity contribution is 6.29. The first-order valence-electron chi connectivity index (χ1n) is 5.11. The van der Waals surface area contributed by atoms with Crippen LogP contribution in [0.25, 0.3) is 0 Å². The number of carbonyl (C=O) groups is 1. The van der Waals surface area contributed by atoms with Crippen molar-refractivity contribution in [1.29, 1.82) is 0 Å². The van der Waals surface area contributed by atoms with Crippen LogP contribution in [0.3, 0.4) is 0 Å². The first-order valence-corrected chi connectivity index (χ1v) is 6.08. The fourth-order valence-corrected chi connectivity index (χ4v) is 1.21. The molecule has 0 saturated heterocycles. The molecule has 0 fully saturated rings. The third-order valence-corrected chi connectivity index (χ3v) is 2.13. The van der Waals surface area contributed by atoms with Crippen molar-refractivity contribution in [3.63, 3.8) is 0 Å². The SMILES string of the molecule is C#C/C(=C/Cl)C(=O)c1ccccn1.C/C=C\CCl. The largest absolute Gasteiger partial charge is 0.286 e. The van der Waals surface area contributed by atoms with Gasteiger partial charge < -0.3 is 0 Å². The standard InChI is InChI=1S/C10H6ClNO.C4H7Cl/c1-2-8(7-11)10(13)9-5-3-4-6-12-9;1-2-3-4-5/h1,3-7H;2-3H,4H2,1H3/b8-7-;3-2-. The van der Waals surface area contributed by atoms with E-state index in [-0.39, 0.29) is 11.4 Å². The molecular weight excluding hydrogens is 269 g/mol. The van der Waals surface area contributed by atoms with Crippen molar-refractivity contribution in [3.05, 3.63) is 53.4 Å². The molecule has 0 aliphatic carbocycles. The Labute approximate surface area is 117 Å². The zero-order valence-corrected chi connectivity index (χ0v) is 11.4. The molecule has 0 saturated carbocycles. The van der Waals surface area contributed by atoms with Crippen molar-refractivity contribution in [2.24, 2.45) is 0 Å². The Bertz CT molecular complexity index is 458. The maximum atomic E-state index is 11.4. The van der Waals surface area contributed by atoms with Crippen LogP contribution in [0.15, 0.2) is 47.7 Å². The molecule has 1 heterocycles. The van der Waals surface area contributed by atoms with E-state index in [1.54, 1.807) is 18.2 Å². The average Bonchev–Trinajstić information content (AvgIpc) is 2.42. The molecule has 0 aromatic carbocycles. The fraction of sp³-hybridized carbons (Fsp3) is 0.143. The summed E-state index contributed by atoms with van der Waals surface area (Å²) in [6.07, 6.45) is 10.4. The Morgan fingerprint density at radius 1 is 1.56 bits per heavy atom. The Kier molecular flexibility index (Phi) is 9.67. The van der Waals surface area contributed by atoms with Crippen LogP contribution in [0.5, 0.6) is 0 Å². The molecule has 0 bridgehead atoms. The van der Waals surface area contributed by atoms with E-state index in [0.29, 0.717) is 11.6 Å². The summed E-state index contributed by atoms with van der Waals surface area (Å²) in [7, 11) is 0. The predicted molar refractivity (Wildman–Crippen MR) is 76.9 cm³/mol. The second-order valence-corrected chi connectivity index (χ2v) is 3.46. The molecule has 94 valence electrons. The Hall–Kier alpha value is -1.56. The van der Waals surface area contributed by atoms with E-state index in [1.807, 2.05) is 19.1 Å². The number of halogens is 2. The molecule has 0 aliphatic rings. The summed E-state index contributed by atoms with van der Waals surface area (Å²) >= 11 is 10.6. The highest BCUT2D eigenvalue weighted by Gasteiger charge is 2.09. The first kappa shape index (κ1) is 16.4. The molecule has 0 amide bonds. The van der Waals surface area contributed by atoms with Gasteiger partial charge in [0.2, 0.25) is 5.78 Å². The van der Waals surface area contributed by atoms with Crippen LogP contribution in [0.4, 0.5) is 0 Å². The Morgan fingerprint density at radius 2 is 2.28 bits per heavy atom. The smallest absolute Gasteiger partial charge is 0.220 e. The predicted octanol–water partition coefficient (Wildman–Crippen LogP) is 3.82. The van der Waals surface area contributed by atoms with E-state index >= 15 is 0 Å². The number of allylic oxidation sites excluding steroid dienone is 3. The highest BCUT2D eigenvalue weighted by Crippen LogP contribution is 2.05. The maximum Gasteiger partial charge on any atom is 0.220 e. The molecule has 1 rings (SSSR count). The average molecular weight is 282 g/mol. The van der Waals surface area contributed by atoms with E-state index < -0.39 is 0 Å². The summed E-state index contributed by atoms with van der Waals surface area (Å²) in [5.41, 5.74) is 1.49. The third-order valence-electron chi connectivity index (χ3n) is 1.73. The lowest BCUT2D eigenvalue weighted by Crippen LogP contribution is -2.03. The molecule has 4 heteroatoms. The molecule has 0 radical (unpaired) electrons. The molecule has 18 heavy (non-hydrogen) atoms. The van der Waals surface area contributed by atoms with Crippen LogP contribution in [0.2, 0.25) is 0 Å². The second kappa shape index (κ2) is 10.6. The van der Waals surface area contributed by atoms with Crippen molar-refractivity contribution >= 4 is 29.0 Å². The molecule has 0 N–H and O–H groups in total. The van der Waals surface area contributed by atoms with Crippen LogP contribution >= 0.6 is 23.2 Å². The lowest BCUT2D eigenvalue weighted by Gasteiger charge is -1.96. The number of Topliss-reactive ketones (excluding diaryl/α,β-unsaturated/α-hetero) is 1. The third kappa shape index (κ3) is 6.24. The van der Waals surface area contributed by atoms with Crippen LogP contribution in [0.1, 0.15) is 17.4 Å². The molecule has 1 aromatic rings. The van der Waals surface area contributed by atoms with E-state index in [1.165, 1.54) is 6.20 Å². The van der Waals surface area contributed by atoms with Gasteiger partial charge in [0.25, 0.3) is 0 Å². The number of alkyl halides is 1. The number of nitrogens with zero attached hydrogens (tertiary/aromatic N) is 1. The van der Waals surface area contributed by atoms with Gasteiger partial charge in [-0.2, -0.15) is 0 Å². The summed E-state index contributed by atoms with van der Waals surface area (Å²) in [6, 6.07) is 5.01. The van der Waals surface area contributed by atoms with Crippen molar-refractivity contribution in [2.45, 2.75) is 6.92 Å². The van der Waals surface area contributed by atoms with Gasteiger partial charge in [-0.05, 0) is 19.1 Å². The number of pyridine rings is 1. The van der Waals surface area contributed by atoms with Gasteiger partial charge in [-0.25, -0.2) is 0 Å². The van der Waals surface area contributed by atoms with Crippen molar-refractivity contribution in [1.82, 2.24) is 4.98 Å². The van der Waals surface area contributed by atoms with Gasteiger partial charge in [0, 0.05) is 17.6 Å². The quantitative estimate of drug-likeness (QED) is 0.277. The van der Waals surface area contributed by atoms with Gasteiger partial charge in [0.05, 0.1) is 5.57 Å². The zero-order valence-electron chi connectivity index (χ0n) is 9.94. The lowest BCUT2D eigenvalue weighted by molar-refractivity contribution is 0.103. The van der Waals surface area contributed by atoms with Gasteiger partial charge in [0.1, 0.15) is 5.69 Å².